The number of hydrogen-bond acceptors (Lipinski definition) is 11. The van der Waals surface area contributed by atoms with Crippen molar-refractivity contribution in [3.05, 3.63) is 71.8 Å². The average Bonchev–Trinajstić information content (AvgIpc) is 2.92. The van der Waals surface area contributed by atoms with Gasteiger partial charge in [0.15, 0.2) is 17.5 Å². The van der Waals surface area contributed by atoms with Gasteiger partial charge in [0.25, 0.3) is 0 Å². The van der Waals surface area contributed by atoms with Crippen LogP contribution in [0.25, 0.3) is 0 Å². The Morgan fingerprint density at radius 3 is 1.82 bits per heavy atom. The van der Waals surface area contributed by atoms with E-state index in [1.54, 1.807) is 60.7 Å². The van der Waals surface area contributed by atoms with Gasteiger partial charge in [-0.05, 0) is 24.5 Å². The molecule has 0 aromatic heterocycles. The number of benzene rings is 2. The summed E-state index contributed by atoms with van der Waals surface area (Å²) in [6.07, 6.45) is -10.4. The summed E-state index contributed by atoms with van der Waals surface area (Å²) in [6.45, 7) is 0.769. The van der Waals surface area contributed by atoms with Crippen molar-refractivity contribution in [3.8, 4) is 0 Å². The van der Waals surface area contributed by atoms with Crippen LogP contribution in [-0.4, -0.2) is 79.6 Å². The van der Waals surface area contributed by atoms with Crippen LogP contribution in [0.5, 0.6) is 0 Å². The second kappa shape index (κ2) is 13.1. The minimum absolute atomic E-state index is 0.115. The standard InChI is InChI=1S/C27H32O11/c1-27(35)24(32)22(31)21(30)23(38-27)20(29)19(28)13-12-18(25(33)36-14-16-8-4-2-5-9-16)26(34)37-15-17-10-6-3-7-11-17/h2-11,18,20-24,29-32,35H,12-15H2,1H3/t20?,21-,22-,23+,24+,27-/m0/s1. The summed E-state index contributed by atoms with van der Waals surface area (Å²) >= 11 is 0. The van der Waals surface area contributed by atoms with Crippen molar-refractivity contribution < 1.29 is 54.1 Å². The molecule has 206 valence electrons. The molecule has 38 heavy (non-hydrogen) atoms. The van der Waals surface area contributed by atoms with Gasteiger partial charge < -0.3 is 39.7 Å². The monoisotopic (exact) mass is 532 g/mol. The second-order valence-electron chi connectivity index (χ2n) is 9.25. The summed E-state index contributed by atoms with van der Waals surface area (Å²) in [4.78, 5) is 38.4. The first kappa shape index (κ1) is 29.4. The van der Waals surface area contributed by atoms with E-state index in [0.717, 1.165) is 6.92 Å². The lowest BCUT2D eigenvalue weighted by Crippen LogP contribution is -2.66. The molecule has 6 atom stereocenters. The first-order valence-corrected chi connectivity index (χ1v) is 12.1. The number of aliphatic hydroxyl groups excluding tert-OH is 4. The lowest BCUT2D eigenvalue weighted by molar-refractivity contribution is -0.346. The van der Waals surface area contributed by atoms with E-state index in [2.05, 4.69) is 0 Å². The number of aliphatic hydroxyl groups is 5. The third-order valence-corrected chi connectivity index (χ3v) is 6.27. The maximum atomic E-state index is 12.8. The van der Waals surface area contributed by atoms with E-state index in [1.165, 1.54) is 0 Å². The smallest absolute Gasteiger partial charge is 0.320 e. The lowest BCUT2D eigenvalue weighted by atomic mass is 9.88. The summed E-state index contributed by atoms with van der Waals surface area (Å²) < 4.78 is 15.6. The molecule has 11 nitrogen and oxygen atoms in total. The van der Waals surface area contributed by atoms with E-state index in [4.69, 9.17) is 14.2 Å². The maximum Gasteiger partial charge on any atom is 0.320 e. The molecule has 1 saturated heterocycles. The van der Waals surface area contributed by atoms with Crippen LogP contribution in [0, 0.1) is 5.92 Å². The van der Waals surface area contributed by atoms with E-state index in [9.17, 15) is 39.9 Å². The summed E-state index contributed by atoms with van der Waals surface area (Å²) in [6, 6.07) is 17.5. The zero-order valence-corrected chi connectivity index (χ0v) is 20.8. The summed E-state index contributed by atoms with van der Waals surface area (Å²) in [5, 5.41) is 50.5. The molecule has 1 unspecified atom stereocenters. The van der Waals surface area contributed by atoms with Crippen LogP contribution in [0.2, 0.25) is 0 Å². The quantitative estimate of drug-likeness (QED) is 0.194. The number of rotatable bonds is 11. The van der Waals surface area contributed by atoms with Crippen molar-refractivity contribution in [1.29, 1.82) is 0 Å². The predicted octanol–water partition coefficient (Wildman–Crippen LogP) is -0.0104. The van der Waals surface area contributed by atoms with E-state index in [0.29, 0.717) is 11.1 Å². The SMILES string of the molecule is C[C@]1(O)O[C@H](C(O)C(=O)CCC(C(=O)OCc2ccccc2)C(=O)OCc2ccccc2)[C@@H](O)[C@H](O)[C@H]1O. The first-order valence-electron chi connectivity index (χ1n) is 12.1. The fourth-order valence-corrected chi connectivity index (χ4v) is 3.97. The zero-order valence-electron chi connectivity index (χ0n) is 20.8. The number of esters is 2. The molecule has 0 radical (unpaired) electrons. The molecule has 0 spiro atoms. The Kier molecular flexibility index (Phi) is 10.1. The van der Waals surface area contributed by atoms with Crippen molar-refractivity contribution in [2.24, 2.45) is 5.92 Å². The maximum absolute atomic E-state index is 12.8. The third-order valence-electron chi connectivity index (χ3n) is 6.27. The van der Waals surface area contributed by atoms with Crippen molar-refractivity contribution in [3.63, 3.8) is 0 Å². The predicted molar refractivity (Wildman–Crippen MR) is 130 cm³/mol. The Morgan fingerprint density at radius 2 is 1.34 bits per heavy atom. The van der Waals surface area contributed by atoms with Gasteiger partial charge in [-0.2, -0.15) is 0 Å². The highest BCUT2D eigenvalue weighted by molar-refractivity contribution is 5.95. The van der Waals surface area contributed by atoms with Crippen molar-refractivity contribution >= 4 is 17.7 Å². The second-order valence-corrected chi connectivity index (χ2v) is 9.25. The number of carbonyl (C=O) groups is 3. The zero-order chi connectivity index (χ0) is 27.9. The normalized spacial score (nSPS) is 26.0. The van der Waals surface area contributed by atoms with Gasteiger partial charge in [-0.15, -0.1) is 0 Å². The van der Waals surface area contributed by atoms with Crippen molar-refractivity contribution in [1.82, 2.24) is 0 Å². The van der Waals surface area contributed by atoms with E-state index in [-0.39, 0.29) is 19.6 Å². The van der Waals surface area contributed by atoms with Crippen LogP contribution in [0.4, 0.5) is 0 Å². The number of ether oxygens (including phenoxy) is 3. The van der Waals surface area contributed by atoms with Crippen LogP contribution in [0.15, 0.2) is 60.7 Å². The molecule has 0 amide bonds. The number of hydrogen-bond donors (Lipinski definition) is 5. The molecule has 11 heteroatoms. The molecular weight excluding hydrogens is 500 g/mol. The summed E-state index contributed by atoms with van der Waals surface area (Å²) in [5.41, 5.74) is 1.36. The molecule has 2 aromatic carbocycles. The molecule has 2 aromatic rings. The van der Waals surface area contributed by atoms with Gasteiger partial charge >= 0.3 is 11.9 Å². The first-order chi connectivity index (χ1) is 18.0. The van der Waals surface area contributed by atoms with Crippen LogP contribution in [-0.2, 0) is 41.8 Å². The average molecular weight is 533 g/mol. The van der Waals surface area contributed by atoms with Gasteiger partial charge in [-0.1, -0.05) is 60.7 Å². The van der Waals surface area contributed by atoms with Gasteiger partial charge in [0.2, 0.25) is 0 Å². The van der Waals surface area contributed by atoms with E-state index < -0.39 is 66.4 Å². The number of ketones is 1. The molecular formula is C27H32O11. The molecule has 3 rings (SSSR count). The van der Waals surface area contributed by atoms with Gasteiger partial charge in [0.1, 0.15) is 43.7 Å². The fraction of sp³-hybridized carbons (Fsp3) is 0.444. The van der Waals surface area contributed by atoms with Crippen LogP contribution >= 0.6 is 0 Å². The molecule has 5 N–H and O–H groups in total. The molecule has 0 aliphatic carbocycles. The summed E-state index contributed by atoms with van der Waals surface area (Å²) in [5.74, 6) is -6.64. The largest absolute Gasteiger partial charge is 0.460 e. The Hall–Kier alpha value is -3.19. The van der Waals surface area contributed by atoms with Crippen LogP contribution in [0.3, 0.4) is 0 Å². The Bertz CT molecular complexity index is 1020. The highest BCUT2D eigenvalue weighted by Crippen LogP contribution is 2.30. The fourth-order valence-electron chi connectivity index (χ4n) is 3.97. The number of Topliss-reactive ketones (excluding diaryl/α,β-unsaturated/α-hetero) is 1. The summed E-state index contributed by atoms with van der Waals surface area (Å²) in [7, 11) is 0. The van der Waals surface area contributed by atoms with Crippen molar-refractivity contribution in [2.75, 3.05) is 0 Å². The molecule has 1 aliphatic rings. The van der Waals surface area contributed by atoms with E-state index >= 15 is 0 Å². The lowest BCUT2D eigenvalue weighted by Gasteiger charge is -2.45. The highest BCUT2D eigenvalue weighted by Gasteiger charge is 2.53. The Balaban J connectivity index is 1.66. The minimum Gasteiger partial charge on any atom is -0.460 e. The van der Waals surface area contributed by atoms with Crippen LogP contribution < -0.4 is 0 Å². The molecule has 1 aliphatic heterocycles. The molecule has 0 bridgehead atoms. The highest BCUT2D eigenvalue weighted by atomic mass is 16.7. The van der Waals surface area contributed by atoms with Crippen LogP contribution in [0.1, 0.15) is 30.9 Å². The molecule has 1 fully saturated rings. The Labute approximate surface area is 219 Å². The topological polar surface area (TPSA) is 180 Å². The van der Waals surface area contributed by atoms with Crippen molar-refractivity contribution in [2.45, 2.75) is 69.3 Å². The third kappa shape index (κ3) is 7.44. The van der Waals surface area contributed by atoms with Gasteiger partial charge in [-0.25, -0.2) is 0 Å². The van der Waals surface area contributed by atoms with Gasteiger partial charge in [-0.3, -0.25) is 14.4 Å². The molecule has 1 heterocycles. The van der Waals surface area contributed by atoms with Gasteiger partial charge in [0, 0.05) is 6.42 Å². The van der Waals surface area contributed by atoms with E-state index in [1.807, 2.05) is 0 Å². The van der Waals surface area contributed by atoms with Gasteiger partial charge in [0.05, 0.1) is 0 Å². The molecule has 0 saturated carbocycles. The Morgan fingerprint density at radius 1 is 0.868 bits per heavy atom. The minimum atomic E-state index is -2.35. The number of carbonyl (C=O) groups excluding carboxylic acids is 3.